The van der Waals surface area contributed by atoms with Crippen LogP contribution in [-0.4, -0.2) is 33.0 Å². The maximum atomic E-state index is 13.1. The van der Waals surface area contributed by atoms with Gasteiger partial charge in [0, 0.05) is 29.9 Å². The van der Waals surface area contributed by atoms with Crippen LogP contribution < -0.4 is 4.74 Å². The van der Waals surface area contributed by atoms with Crippen molar-refractivity contribution in [1.82, 2.24) is 14.8 Å². The number of hydrogen-bond acceptors (Lipinski definition) is 4. The molecule has 134 valence electrons. The number of carboxylic acid groups (broad SMARTS) is 1. The summed E-state index contributed by atoms with van der Waals surface area (Å²) in [7, 11) is 3.13. The van der Waals surface area contributed by atoms with Crippen molar-refractivity contribution in [2.75, 3.05) is 7.11 Å². The number of methoxy groups -OCH3 is 1. The minimum Gasteiger partial charge on any atom is -0.494 e. The van der Waals surface area contributed by atoms with Gasteiger partial charge in [-0.15, -0.1) is 0 Å². The molecular weight excluding hydrogens is 344 g/mol. The van der Waals surface area contributed by atoms with Crippen LogP contribution in [0.1, 0.15) is 22.5 Å². The molecule has 26 heavy (non-hydrogen) atoms. The van der Waals surface area contributed by atoms with Gasteiger partial charge < -0.3 is 9.84 Å². The largest absolute Gasteiger partial charge is 0.494 e. The molecule has 0 saturated heterocycles. The normalized spacial score (nSPS) is 11.0. The van der Waals surface area contributed by atoms with Gasteiger partial charge >= 0.3 is 5.97 Å². The number of benzene rings is 1. The van der Waals surface area contributed by atoms with Crippen molar-refractivity contribution in [3.05, 3.63) is 54.0 Å². The van der Waals surface area contributed by atoms with E-state index in [0.717, 1.165) is 12.3 Å². The molecule has 0 aliphatic heterocycles. The third kappa shape index (κ3) is 3.26. The van der Waals surface area contributed by atoms with Gasteiger partial charge in [0.15, 0.2) is 0 Å². The third-order valence-electron chi connectivity index (χ3n) is 3.88. The molecule has 0 fully saturated rings. The van der Waals surface area contributed by atoms with E-state index in [1.807, 2.05) is 0 Å². The van der Waals surface area contributed by atoms with E-state index in [9.17, 15) is 18.7 Å². The maximum absolute atomic E-state index is 13.1. The molecule has 0 unspecified atom stereocenters. The zero-order valence-corrected chi connectivity index (χ0v) is 14.0. The van der Waals surface area contributed by atoms with Gasteiger partial charge in [-0.05, 0) is 24.3 Å². The Morgan fingerprint density at radius 1 is 1.23 bits per heavy atom. The van der Waals surface area contributed by atoms with E-state index in [1.165, 1.54) is 13.2 Å². The Bertz CT molecular complexity index is 970. The summed E-state index contributed by atoms with van der Waals surface area (Å²) in [5.41, 5.74) is 1.28. The molecule has 3 rings (SSSR count). The summed E-state index contributed by atoms with van der Waals surface area (Å²) in [5, 5.41) is 13.8. The van der Waals surface area contributed by atoms with Crippen molar-refractivity contribution in [3.63, 3.8) is 0 Å². The van der Waals surface area contributed by atoms with Gasteiger partial charge in [-0.2, -0.15) is 5.10 Å². The van der Waals surface area contributed by atoms with Crippen molar-refractivity contribution < 1.29 is 23.4 Å². The fraction of sp³-hybridized carbons (Fsp3) is 0.167. The van der Waals surface area contributed by atoms with Crippen LogP contribution >= 0.6 is 0 Å². The van der Waals surface area contributed by atoms with Gasteiger partial charge in [0.05, 0.1) is 24.6 Å². The van der Waals surface area contributed by atoms with E-state index in [-0.39, 0.29) is 22.4 Å². The van der Waals surface area contributed by atoms with Crippen molar-refractivity contribution in [2.45, 2.75) is 6.43 Å². The zero-order valence-electron chi connectivity index (χ0n) is 14.0. The molecule has 0 amide bonds. The van der Waals surface area contributed by atoms with Crippen molar-refractivity contribution in [2.24, 2.45) is 7.05 Å². The van der Waals surface area contributed by atoms with Crippen LogP contribution in [0.2, 0.25) is 0 Å². The number of alkyl halides is 2. The highest BCUT2D eigenvalue weighted by Crippen LogP contribution is 2.36. The van der Waals surface area contributed by atoms with E-state index in [1.54, 1.807) is 36.1 Å². The molecule has 3 aromatic rings. The summed E-state index contributed by atoms with van der Waals surface area (Å²) < 4.78 is 33.0. The molecule has 0 atom stereocenters. The Hall–Kier alpha value is -3.29. The second-order valence-electron chi connectivity index (χ2n) is 5.55. The Kier molecular flexibility index (Phi) is 4.66. The standard InChI is InChI=1S/C18H15F2N3O3/c1-23-6-5-14(22-23)10-3-4-11(18(24)25)12(7-10)13-8-15(17(19)20)21-9-16(13)26-2/h3-9,17H,1-2H3,(H,24,25). The van der Waals surface area contributed by atoms with Crippen LogP contribution in [0.15, 0.2) is 42.7 Å². The third-order valence-corrected chi connectivity index (χ3v) is 3.88. The van der Waals surface area contributed by atoms with Gasteiger partial charge in [0.1, 0.15) is 11.4 Å². The summed E-state index contributed by atoms with van der Waals surface area (Å²) in [6, 6.07) is 7.56. The second-order valence-corrected chi connectivity index (χ2v) is 5.55. The van der Waals surface area contributed by atoms with Gasteiger partial charge in [0.2, 0.25) is 0 Å². The highest BCUT2D eigenvalue weighted by Gasteiger charge is 2.20. The molecule has 0 aliphatic carbocycles. The lowest BCUT2D eigenvalue weighted by molar-refractivity contribution is 0.0697. The average molecular weight is 359 g/mol. The molecular formula is C18H15F2N3O3. The van der Waals surface area contributed by atoms with E-state index in [2.05, 4.69) is 10.1 Å². The molecule has 1 N–H and O–H groups in total. The first kappa shape index (κ1) is 17.5. The Morgan fingerprint density at radius 2 is 2.00 bits per heavy atom. The van der Waals surface area contributed by atoms with Crippen molar-refractivity contribution in [1.29, 1.82) is 0 Å². The summed E-state index contributed by atoms with van der Waals surface area (Å²) in [5.74, 6) is -0.972. The van der Waals surface area contributed by atoms with Crippen molar-refractivity contribution >= 4 is 5.97 Å². The van der Waals surface area contributed by atoms with Gasteiger partial charge in [-0.25, -0.2) is 13.6 Å². The highest BCUT2D eigenvalue weighted by atomic mass is 19.3. The van der Waals surface area contributed by atoms with E-state index in [0.29, 0.717) is 11.3 Å². The number of aromatic nitrogens is 3. The van der Waals surface area contributed by atoms with Crippen molar-refractivity contribution in [3.8, 4) is 28.1 Å². The Balaban J connectivity index is 2.25. The van der Waals surface area contributed by atoms with Crippen LogP contribution in [0.25, 0.3) is 22.4 Å². The minimum atomic E-state index is -2.79. The summed E-state index contributed by atoms with van der Waals surface area (Å²) in [6.45, 7) is 0. The number of aryl methyl sites for hydroxylation is 1. The summed E-state index contributed by atoms with van der Waals surface area (Å²) in [6.07, 6.45) is 0.129. The number of nitrogens with zero attached hydrogens (tertiary/aromatic N) is 3. The quantitative estimate of drug-likeness (QED) is 0.750. The molecule has 2 aromatic heterocycles. The number of halogens is 2. The molecule has 1 aromatic carbocycles. The number of pyridine rings is 1. The smallest absolute Gasteiger partial charge is 0.336 e. The lowest BCUT2D eigenvalue weighted by Gasteiger charge is -2.13. The molecule has 0 saturated carbocycles. The monoisotopic (exact) mass is 359 g/mol. The summed E-state index contributed by atoms with van der Waals surface area (Å²) in [4.78, 5) is 15.3. The second kappa shape index (κ2) is 6.91. The molecule has 0 aliphatic rings. The van der Waals surface area contributed by atoms with Crippen LogP contribution in [0, 0.1) is 0 Å². The van der Waals surface area contributed by atoms with Crippen LogP contribution in [0.5, 0.6) is 5.75 Å². The number of carbonyl (C=O) groups is 1. The number of rotatable bonds is 5. The molecule has 0 radical (unpaired) electrons. The SMILES string of the molecule is COc1cnc(C(F)F)cc1-c1cc(-c2ccn(C)n2)ccc1C(=O)O. The highest BCUT2D eigenvalue weighted by molar-refractivity contribution is 5.98. The van der Waals surface area contributed by atoms with Gasteiger partial charge in [0.25, 0.3) is 6.43 Å². The van der Waals surface area contributed by atoms with E-state index >= 15 is 0 Å². The number of aromatic carboxylic acids is 1. The molecule has 6 nitrogen and oxygen atoms in total. The van der Waals surface area contributed by atoms with Crippen LogP contribution in [0.4, 0.5) is 8.78 Å². The topological polar surface area (TPSA) is 77.2 Å². The lowest BCUT2D eigenvalue weighted by atomic mass is 9.95. The lowest BCUT2D eigenvalue weighted by Crippen LogP contribution is -2.02. The first-order chi connectivity index (χ1) is 12.4. The van der Waals surface area contributed by atoms with Crippen LogP contribution in [-0.2, 0) is 7.05 Å². The molecule has 0 spiro atoms. The minimum absolute atomic E-state index is 0.0330. The molecule has 2 heterocycles. The molecule has 0 bridgehead atoms. The molecule has 8 heteroatoms. The average Bonchev–Trinajstić information content (AvgIpc) is 3.06. The van der Waals surface area contributed by atoms with E-state index in [4.69, 9.17) is 4.74 Å². The zero-order chi connectivity index (χ0) is 18.8. The first-order valence-corrected chi connectivity index (χ1v) is 7.60. The fourth-order valence-electron chi connectivity index (χ4n) is 2.63. The number of carboxylic acids is 1. The predicted molar refractivity (Wildman–Crippen MR) is 90.3 cm³/mol. The Morgan fingerprint density at radius 3 is 2.58 bits per heavy atom. The van der Waals surface area contributed by atoms with Crippen LogP contribution in [0.3, 0.4) is 0 Å². The maximum Gasteiger partial charge on any atom is 0.336 e. The summed E-state index contributed by atoms with van der Waals surface area (Å²) >= 11 is 0. The van der Waals surface area contributed by atoms with Gasteiger partial charge in [-0.1, -0.05) is 6.07 Å². The number of ether oxygens (including phenoxy) is 1. The number of hydrogen-bond donors (Lipinski definition) is 1. The predicted octanol–water partition coefficient (Wildman–Crippen LogP) is 3.79. The van der Waals surface area contributed by atoms with E-state index < -0.39 is 18.1 Å². The Labute approximate surface area is 147 Å². The fourth-order valence-corrected chi connectivity index (χ4v) is 2.63. The van der Waals surface area contributed by atoms with Gasteiger partial charge in [-0.3, -0.25) is 9.67 Å². The first-order valence-electron chi connectivity index (χ1n) is 7.60.